The maximum Gasteiger partial charge on any atom is 0.141 e. The van der Waals surface area contributed by atoms with Gasteiger partial charge in [-0.15, -0.1) is 0 Å². The molecule has 0 spiro atoms. The van der Waals surface area contributed by atoms with E-state index in [-0.39, 0.29) is 0 Å². The van der Waals surface area contributed by atoms with Crippen molar-refractivity contribution >= 4 is 37.5 Å². The van der Waals surface area contributed by atoms with Crippen LogP contribution in [0.15, 0.2) is 51.7 Å². The van der Waals surface area contributed by atoms with Crippen molar-refractivity contribution in [3.63, 3.8) is 0 Å². The first-order valence-electron chi connectivity index (χ1n) is 5.21. The second-order valence-electron chi connectivity index (χ2n) is 3.65. The molecule has 1 heterocycles. The summed E-state index contributed by atoms with van der Waals surface area (Å²) in [5, 5.41) is 12.4. The van der Waals surface area contributed by atoms with Gasteiger partial charge in [-0.3, -0.25) is 4.98 Å². The molecule has 0 radical (unpaired) electrons. The molecule has 0 amide bonds. The van der Waals surface area contributed by atoms with E-state index >= 15 is 0 Å². The van der Waals surface area contributed by atoms with Crippen LogP contribution in [-0.2, 0) is 0 Å². The van der Waals surface area contributed by atoms with E-state index in [0.717, 1.165) is 20.2 Å². The number of anilines is 1. The summed E-state index contributed by atoms with van der Waals surface area (Å²) in [7, 11) is 0. The Morgan fingerprint density at radius 3 is 2.67 bits per heavy atom. The fraction of sp³-hybridized carbons (Fsp3) is 0.0769. The van der Waals surface area contributed by atoms with Crippen molar-refractivity contribution in [3.8, 4) is 6.07 Å². The fourth-order valence-corrected chi connectivity index (χ4v) is 2.30. The van der Waals surface area contributed by atoms with Crippen LogP contribution in [0.1, 0.15) is 11.6 Å². The predicted octanol–water partition coefficient (Wildman–Crippen LogP) is 4.28. The number of rotatable bonds is 3. The van der Waals surface area contributed by atoms with Crippen LogP contribution in [0.3, 0.4) is 0 Å². The summed E-state index contributed by atoms with van der Waals surface area (Å²) in [6.45, 7) is 0. The van der Waals surface area contributed by atoms with Gasteiger partial charge in [0.25, 0.3) is 0 Å². The van der Waals surface area contributed by atoms with Crippen LogP contribution >= 0.6 is 31.9 Å². The highest BCUT2D eigenvalue weighted by Gasteiger charge is 2.11. The highest BCUT2D eigenvalue weighted by molar-refractivity contribution is 9.10. The third kappa shape index (κ3) is 3.31. The Labute approximate surface area is 122 Å². The zero-order chi connectivity index (χ0) is 13.0. The number of nitrogens with zero attached hydrogens (tertiary/aromatic N) is 2. The minimum atomic E-state index is -0.427. The number of benzene rings is 1. The monoisotopic (exact) mass is 365 g/mol. The molecule has 0 aliphatic carbocycles. The quantitative estimate of drug-likeness (QED) is 0.881. The average molecular weight is 367 g/mol. The first kappa shape index (κ1) is 13.1. The van der Waals surface area contributed by atoms with Crippen LogP contribution in [0, 0.1) is 11.3 Å². The van der Waals surface area contributed by atoms with E-state index in [9.17, 15) is 5.26 Å². The molecule has 0 saturated heterocycles. The number of pyridine rings is 1. The Hall–Kier alpha value is -1.38. The molecule has 0 bridgehead atoms. The summed E-state index contributed by atoms with van der Waals surface area (Å²) in [5.74, 6) is 0. The predicted molar refractivity (Wildman–Crippen MR) is 78.1 cm³/mol. The summed E-state index contributed by atoms with van der Waals surface area (Å²) in [4.78, 5) is 4.06. The van der Waals surface area contributed by atoms with Crippen LogP contribution in [-0.4, -0.2) is 4.98 Å². The van der Waals surface area contributed by atoms with Gasteiger partial charge in [0.15, 0.2) is 0 Å². The van der Waals surface area contributed by atoms with Gasteiger partial charge in [0.05, 0.1) is 6.07 Å². The molecule has 0 fully saturated rings. The highest BCUT2D eigenvalue weighted by atomic mass is 79.9. The van der Waals surface area contributed by atoms with E-state index in [1.807, 2.05) is 30.3 Å². The molecule has 1 atom stereocenters. The Morgan fingerprint density at radius 1 is 1.17 bits per heavy atom. The number of nitrogens with one attached hydrogen (secondary N) is 1. The molecular formula is C13H9Br2N3. The number of aromatic nitrogens is 1. The minimum absolute atomic E-state index is 0.427. The number of nitriles is 1. The van der Waals surface area contributed by atoms with Gasteiger partial charge in [0, 0.05) is 32.6 Å². The molecule has 1 aromatic heterocycles. The lowest BCUT2D eigenvalue weighted by molar-refractivity contribution is 0.979. The van der Waals surface area contributed by atoms with E-state index in [4.69, 9.17) is 0 Å². The van der Waals surface area contributed by atoms with Gasteiger partial charge in [-0.1, -0.05) is 22.0 Å². The lowest BCUT2D eigenvalue weighted by atomic mass is 10.1. The summed E-state index contributed by atoms with van der Waals surface area (Å²) in [5.41, 5.74) is 1.71. The normalized spacial score (nSPS) is 11.6. The second-order valence-corrected chi connectivity index (χ2v) is 5.48. The zero-order valence-electron chi connectivity index (χ0n) is 9.27. The third-order valence-electron chi connectivity index (χ3n) is 2.32. The lowest BCUT2D eigenvalue weighted by Gasteiger charge is -2.13. The van der Waals surface area contributed by atoms with E-state index < -0.39 is 6.04 Å². The minimum Gasteiger partial charge on any atom is -0.366 e. The van der Waals surface area contributed by atoms with Crippen molar-refractivity contribution in [2.75, 3.05) is 5.32 Å². The van der Waals surface area contributed by atoms with Gasteiger partial charge in [-0.25, -0.2) is 0 Å². The number of hydrogen-bond acceptors (Lipinski definition) is 3. The molecule has 1 aromatic carbocycles. The molecular weight excluding hydrogens is 358 g/mol. The van der Waals surface area contributed by atoms with Crippen molar-refractivity contribution in [1.82, 2.24) is 4.98 Å². The Balaban J connectivity index is 2.23. The summed E-state index contributed by atoms with van der Waals surface area (Å²) < 4.78 is 1.83. The highest BCUT2D eigenvalue weighted by Crippen LogP contribution is 2.23. The Kier molecular flexibility index (Phi) is 4.34. The maximum atomic E-state index is 9.23. The summed E-state index contributed by atoms with van der Waals surface area (Å²) in [6.07, 6.45) is 3.38. The second kappa shape index (κ2) is 5.98. The lowest BCUT2D eigenvalue weighted by Crippen LogP contribution is -2.08. The zero-order valence-corrected chi connectivity index (χ0v) is 12.4. The molecule has 2 aromatic rings. The van der Waals surface area contributed by atoms with Crippen molar-refractivity contribution in [2.24, 2.45) is 0 Å². The largest absolute Gasteiger partial charge is 0.366 e. The molecule has 18 heavy (non-hydrogen) atoms. The first-order valence-corrected chi connectivity index (χ1v) is 6.80. The SMILES string of the molecule is N#CC(Nc1cccc(Br)c1)c1cncc(Br)c1. The van der Waals surface area contributed by atoms with Gasteiger partial charge in [-0.2, -0.15) is 5.26 Å². The molecule has 1 unspecified atom stereocenters. The molecule has 0 aliphatic heterocycles. The molecule has 90 valence electrons. The van der Waals surface area contributed by atoms with Gasteiger partial charge < -0.3 is 5.32 Å². The van der Waals surface area contributed by atoms with E-state index in [2.05, 4.69) is 48.2 Å². The topological polar surface area (TPSA) is 48.7 Å². The van der Waals surface area contributed by atoms with E-state index in [1.165, 1.54) is 0 Å². The first-order chi connectivity index (χ1) is 8.69. The van der Waals surface area contributed by atoms with Gasteiger partial charge in [-0.05, 0) is 40.2 Å². The van der Waals surface area contributed by atoms with Crippen LogP contribution in [0.25, 0.3) is 0 Å². The van der Waals surface area contributed by atoms with Crippen molar-refractivity contribution in [1.29, 1.82) is 5.26 Å². The van der Waals surface area contributed by atoms with E-state index in [1.54, 1.807) is 12.4 Å². The Morgan fingerprint density at radius 2 is 2.00 bits per heavy atom. The maximum absolute atomic E-state index is 9.23. The van der Waals surface area contributed by atoms with Gasteiger partial charge in [0.1, 0.15) is 6.04 Å². The fourth-order valence-electron chi connectivity index (χ4n) is 1.52. The van der Waals surface area contributed by atoms with Crippen LogP contribution in [0.2, 0.25) is 0 Å². The molecule has 3 nitrogen and oxygen atoms in total. The third-order valence-corrected chi connectivity index (χ3v) is 3.25. The average Bonchev–Trinajstić information content (AvgIpc) is 2.36. The van der Waals surface area contributed by atoms with Crippen LogP contribution in [0.5, 0.6) is 0 Å². The number of halogens is 2. The number of hydrogen-bond donors (Lipinski definition) is 1. The van der Waals surface area contributed by atoms with Crippen molar-refractivity contribution in [3.05, 3.63) is 57.2 Å². The van der Waals surface area contributed by atoms with Crippen molar-refractivity contribution < 1.29 is 0 Å². The Bertz CT molecular complexity index is 593. The molecule has 2 rings (SSSR count). The van der Waals surface area contributed by atoms with Gasteiger partial charge in [0.2, 0.25) is 0 Å². The van der Waals surface area contributed by atoms with Crippen LogP contribution < -0.4 is 5.32 Å². The van der Waals surface area contributed by atoms with Crippen LogP contribution in [0.4, 0.5) is 5.69 Å². The molecule has 5 heteroatoms. The van der Waals surface area contributed by atoms with Gasteiger partial charge >= 0.3 is 0 Å². The molecule has 0 saturated carbocycles. The molecule has 1 N–H and O–H groups in total. The summed E-state index contributed by atoms with van der Waals surface area (Å²) in [6, 6.07) is 11.4. The molecule has 0 aliphatic rings. The van der Waals surface area contributed by atoms with E-state index in [0.29, 0.717) is 0 Å². The van der Waals surface area contributed by atoms with Crippen molar-refractivity contribution in [2.45, 2.75) is 6.04 Å². The smallest absolute Gasteiger partial charge is 0.141 e. The standard InChI is InChI=1S/C13H9Br2N3/c14-10-2-1-3-12(5-10)18-13(6-16)9-4-11(15)8-17-7-9/h1-5,7-8,13,18H. The summed E-state index contributed by atoms with van der Waals surface area (Å²) >= 11 is 6.75.